The van der Waals surface area contributed by atoms with E-state index in [0.29, 0.717) is 18.8 Å². The van der Waals surface area contributed by atoms with E-state index in [0.717, 1.165) is 16.9 Å². The number of nitrogens with one attached hydrogen (secondary N) is 1. The third kappa shape index (κ3) is 4.39. The van der Waals surface area contributed by atoms with Gasteiger partial charge in [0.2, 0.25) is 11.8 Å². The SMILES string of the molecule is Cc1ccc2c(c1)N(C(=O)CCC(=O)NCc1ccccn1)C[C@H](C)O2. The van der Waals surface area contributed by atoms with Gasteiger partial charge in [-0.25, -0.2) is 0 Å². The lowest BCUT2D eigenvalue weighted by atomic mass is 10.1. The largest absolute Gasteiger partial charge is 0.487 e. The average Bonchev–Trinajstić information content (AvgIpc) is 2.65. The Bertz CT molecular complexity index is 792. The summed E-state index contributed by atoms with van der Waals surface area (Å²) in [5.41, 5.74) is 2.63. The standard InChI is InChI=1S/C20H23N3O3/c1-14-6-7-18-17(11-14)23(13-15(2)26-18)20(25)9-8-19(24)22-12-16-5-3-4-10-21-16/h3-7,10-11,15H,8-9,12-13H2,1-2H3,(H,22,24)/t15-/m0/s1. The van der Waals surface area contributed by atoms with Gasteiger partial charge in [-0.2, -0.15) is 0 Å². The molecule has 0 bridgehead atoms. The van der Waals surface area contributed by atoms with Gasteiger partial charge in [0.05, 0.1) is 24.5 Å². The number of hydrogen-bond donors (Lipinski definition) is 1. The Hall–Kier alpha value is -2.89. The van der Waals surface area contributed by atoms with Crippen LogP contribution in [0.1, 0.15) is 31.0 Å². The highest BCUT2D eigenvalue weighted by molar-refractivity contribution is 5.97. The van der Waals surface area contributed by atoms with Crippen LogP contribution in [0.4, 0.5) is 5.69 Å². The Balaban J connectivity index is 1.56. The number of aromatic nitrogens is 1. The normalized spacial score (nSPS) is 15.8. The zero-order valence-electron chi connectivity index (χ0n) is 15.1. The fraction of sp³-hybridized carbons (Fsp3) is 0.350. The summed E-state index contributed by atoms with van der Waals surface area (Å²) >= 11 is 0. The second-order valence-corrected chi connectivity index (χ2v) is 6.50. The molecule has 0 radical (unpaired) electrons. The molecule has 0 saturated heterocycles. The first-order valence-corrected chi connectivity index (χ1v) is 8.77. The molecule has 1 aliphatic rings. The molecule has 1 atom stereocenters. The van der Waals surface area contributed by atoms with Crippen LogP contribution in [0.3, 0.4) is 0 Å². The summed E-state index contributed by atoms with van der Waals surface area (Å²) < 4.78 is 5.80. The molecule has 0 aliphatic carbocycles. The lowest BCUT2D eigenvalue weighted by Crippen LogP contribution is -2.42. The van der Waals surface area contributed by atoms with E-state index in [-0.39, 0.29) is 30.8 Å². The minimum Gasteiger partial charge on any atom is -0.487 e. The van der Waals surface area contributed by atoms with Gasteiger partial charge >= 0.3 is 0 Å². The molecule has 2 aromatic rings. The van der Waals surface area contributed by atoms with Crippen molar-refractivity contribution in [3.05, 3.63) is 53.9 Å². The quantitative estimate of drug-likeness (QED) is 0.897. The van der Waals surface area contributed by atoms with Crippen LogP contribution < -0.4 is 15.0 Å². The van der Waals surface area contributed by atoms with Crippen LogP contribution in [0.2, 0.25) is 0 Å². The first-order chi connectivity index (χ1) is 12.5. The number of carbonyl (C=O) groups is 2. The van der Waals surface area contributed by atoms with Crippen molar-refractivity contribution in [1.29, 1.82) is 0 Å². The zero-order valence-corrected chi connectivity index (χ0v) is 15.1. The smallest absolute Gasteiger partial charge is 0.227 e. The molecule has 1 aliphatic heterocycles. The van der Waals surface area contributed by atoms with Crippen LogP contribution >= 0.6 is 0 Å². The maximum Gasteiger partial charge on any atom is 0.227 e. The first-order valence-electron chi connectivity index (χ1n) is 8.77. The second-order valence-electron chi connectivity index (χ2n) is 6.50. The van der Waals surface area contributed by atoms with Gasteiger partial charge in [0.1, 0.15) is 11.9 Å². The van der Waals surface area contributed by atoms with Crippen LogP contribution in [-0.2, 0) is 16.1 Å². The third-order valence-electron chi connectivity index (χ3n) is 4.23. The summed E-state index contributed by atoms with van der Waals surface area (Å²) in [5.74, 6) is 0.483. The Labute approximate surface area is 153 Å². The van der Waals surface area contributed by atoms with Crippen LogP contribution in [-0.4, -0.2) is 29.4 Å². The van der Waals surface area contributed by atoms with E-state index >= 15 is 0 Å². The number of ether oxygens (including phenoxy) is 1. The Morgan fingerprint density at radius 1 is 1.27 bits per heavy atom. The van der Waals surface area contributed by atoms with Crippen molar-refractivity contribution in [2.45, 2.75) is 39.3 Å². The molecule has 2 heterocycles. The van der Waals surface area contributed by atoms with Gasteiger partial charge in [-0.15, -0.1) is 0 Å². The van der Waals surface area contributed by atoms with Crippen molar-refractivity contribution in [2.24, 2.45) is 0 Å². The van der Waals surface area contributed by atoms with E-state index in [1.807, 2.05) is 50.2 Å². The number of amides is 2. The molecule has 0 spiro atoms. The van der Waals surface area contributed by atoms with E-state index in [1.54, 1.807) is 11.1 Å². The Morgan fingerprint density at radius 2 is 2.12 bits per heavy atom. The predicted molar refractivity (Wildman–Crippen MR) is 98.9 cm³/mol. The highest BCUT2D eigenvalue weighted by Gasteiger charge is 2.27. The highest BCUT2D eigenvalue weighted by Crippen LogP contribution is 2.34. The molecule has 1 aromatic carbocycles. The van der Waals surface area contributed by atoms with E-state index in [4.69, 9.17) is 4.74 Å². The molecule has 136 valence electrons. The summed E-state index contributed by atoms with van der Waals surface area (Å²) in [6.45, 7) is 4.77. The van der Waals surface area contributed by atoms with Crippen molar-refractivity contribution in [3.63, 3.8) is 0 Å². The van der Waals surface area contributed by atoms with Crippen LogP contribution in [0.25, 0.3) is 0 Å². The van der Waals surface area contributed by atoms with Gasteiger partial charge < -0.3 is 15.0 Å². The number of carbonyl (C=O) groups excluding carboxylic acids is 2. The molecular formula is C20H23N3O3. The van der Waals surface area contributed by atoms with Gasteiger partial charge in [0.15, 0.2) is 0 Å². The number of rotatable bonds is 5. The van der Waals surface area contributed by atoms with Gasteiger partial charge in [-0.3, -0.25) is 14.6 Å². The first kappa shape index (κ1) is 17.9. The number of pyridine rings is 1. The molecule has 0 unspecified atom stereocenters. The van der Waals surface area contributed by atoms with E-state index in [9.17, 15) is 9.59 Å². The fourth-order valence-corrected chi connectivity index (χ4v) is 2.92. The van der Waals surface area contributed by atoms with Crippen LogP contribution in [0.5, 0.6) is 5.75 Å². The topological polar surface area (TPSA) is 71.5 Å². The molecule has 1 N–H and O–H groups in total. The van der Waals surface area contributed by atoms with Crippen molar-refractivity contribution in [1.82, 2.24) is 10.3 Å². The number of fused-ring (bicyclic) bond motifs is 1. The molecule has 26 heavy (non-hydrogen) atoms. The van der Waals surface area contributed by atoms with E-state index in [1.165, 1.54) is 0 Å². The zero-order chi connectivity index (χ0) is 18.5. The second kappa shape index (κ2) is 7.99. The molecule has 3 rings (SSSR count). The molecule has 0 fully saturated rings. The van der Waals surface area contributed by atoms with E-state index in [2.05, 4.69) is 10.3 Å². The number of anilines is 1. The number of nitrogens with zero attached hydrogens (tertiary/aromatic N) is 2. The highest BCUT2D eigenvalue weighted by atomic mass is 16.5. The average molecular weight is 353 g/mol. The van der Waals surface area contributed by atoms with Crippen molar-refractivity contribution >= 4 is 17.5 Å². The fourth-order valence-electron chi connectivity index (χ4n) is 2.92. The summed E-state index contributed by atoms with van der Waals surface area (Å²) in [6.07, 6.45) is 1.92. The lowest BCUT2D eigenvalue weighted by Gasteiger charge is -2.33. The molecule has 6 nitrogen and oxygen atoms in total. The maximum absolute atomic E-state index is 12.7. The molecule has 0 saturated carbocycles. The third-order valence-corrected chi connectivity index (χ3v) is 4.23. The minimum absolute atomic E-state index is 0.0695. The Kier molecular flexibility index (Phi) is 5.51. The van der Waals surface area contributed by atoms with Gasteiger partial charge in [0, 0.05) is 19.0 Å². The molecule has 2 amide bonds. The predicted octanol–water partition coefficient (Wildman–Crippen LogP) is 2.60. The van der Waals surface area contributed by atoms with Crippen molar-refractivity contribution < 1.29 is 14.3 Å². The molecule has 1 aromatic heterocycles. The van der Waals surface area contributed by atoms with Crippen molar-refractivity contribution in [2.75, 3.05) is 11.4 Å². The monoisotopic (exact) mass is 353 g/mol. The van der Waals surface area contributed by atoms with E-state index < -0.39 is 0 Å². The summed E-state index contributed by atoms with van der Waals surface area (Å²) in [4.78, 5) is 30.6. The number of aryl methyl sites for hydroxylation is 1. The van der Waals surface area contributed by atoms with Crippen LogP contribution in [0.15, 0.2) is 42.6 Å². The summed E-state index contributed by atoms with van der Waals surface area (Å²) in [7, 11) is 0. The summed E-state index contributed by atoms with van der Waals surface area (Å²) in [5, 5.41) is 2.80. The number of benzene rings is 1. The maximum atomic E-state index is 12.7. The molecular weight excluding hydrogens is 330 g/mol. The van der Waals surface area contributed by atoms with Crippen LogP contribution in [0, 0.1) is 6.92 Å². The molecule has 6 heteroatoms. The minimum atomic E-state index is -0.158. The summed E-state index contributed by atoms with van der Waals surface area (Å²) in [6, 6.07) is 11.3. The van der Waals surface area contributed by atoms with Gasteiger partial charge in [0.25, 0.3) is 0 Å². The number of hydrogen-bond acceptors (Lipinski definition) is 4. The van der Waals surface area contributed by atoms with Crippen molar-refractivity contribution in [3.8, 4) is 5.75 Å². The Morgan fingerprint density at radius 3 is 2.88 bits per heavy atom. The van der Waals surface area contributed by atoms with Gasteiger partial charge in [-0.1, -0.05) is 12.1 Å². The van der Waals surface area contributed by atoms with Gasteiger partial charge in [-0.05, 0) is 43.7 Å². The lowest BCUT2D eigenvalue weighted by molar-refractivity contribution is -0.125.